The summed E-state index contributed by atoms with van der Waals surface area (Å²) in [6.45, 7) is 2.33. The molecule has 1 aliphatic rings. The van der Waals surface area contributed by atoms with Crippen LogP contribution in [0.5, 0.6) is 0 Å². The van der Waals surface area contributed by atoms with Crippen molar-refractivity contribution in [2.75, 3.05) is 19.6 Å². The average molecular weight is 437 g/mol. The normalized spacial score (nSPS) is 16.8. The molecule has 5 rings (SSSR count). The average Bonchev–Trinajstić information content (AvgIpc) is 3.39. The van der Waals surface area contributed by atoms with Gasteiger partial charge in [0, 0.05) is 42.4 Å². The number of fused-ring (bicyclic) bond motifs is 2. The minimum absolute atomic E-state index is 0.00426. The molecule has 4 aromatic rings. The van der Waals surface area contributed by atoms with Gasteiger partial charge in [0.25, 0.3) is 0 Å². The lowest BCUT2D eigenvalue weighted by Crippen LogP contribution is -2.40. The van der Waals surface area contributed by atoms with Crippen LogP contribution in [0, 0.1) is 0 Å². The number of likely N-dealkylation sites (tertiary alicyclic amines) is 1. The second-order valence-electron chi connectivity index (χ2n) is 8.40. The van der Waals surface area contributed by atoms with Gasteiger partial charge in [-0.25, -0.2) is 13.1 Å². The van der Waals surface area contributed by atoms with Gasteiger partial charge in [-0.2, -0.15) is 0 Å². The first-order chi connectivity index (χ1) is 15.0. The maximum Gasteiger partial charge on any atom is 0.240 e. The van der Waals surface area contributed by atoms with Crippen LogP contribution in [-0.4, -0.2) is 42.5 Å². The third-order valence-corrected chi connectivity index (χ3v) is 7.84. The first-order valence-electron chi connectivity index (χ1n) is 10.9. The van der Waals surface area contributed by atoms with Crippen molar-refractivity contribution in [3.63, 3.8) is 0 Å². The highest BCUT2D eigenvalue weighted by molar-refractivity contribution is 7.89. The molecule has 0 radical (unpaired) electrons. The number of hydrogen-bond donors (Lipinski definition) is 2. The lowest BCUT2D eigenvalue weighted by molar-refractivity contribution is 0.165. The molecule has 2 aromatic carbocycles. The Morgan fingerprint density at radius 1 is 1.06 bits per heavy atom. The summed E-state index contributed by atoms with van der Waals surface area (Å²) in [5, 5.41) is 2.19. The summed E-state index contributed by atoms with van der Waals surface area (Å²) in [7, 11) is -1.57. The van der Waals surface area contributed by atoms with Gasteiger partial charge in [-0.3, -0.25) is 4.90 Å². The number of sulfonamides is 1. The monoisotopic (exact) mass is 436 g/mol. The first-order valence-corrected chi connectivity index (χ1v) is 12.4. The van der Waals surface area contributed by atoms with Gasteiger partial charge >= 0.3 is 0 Å². The fourth-order valence-corrected chi connectivity index (χ4v) is 5.83. The van der Waals surface area contributed by atoms with Crippen molar-refractivity contribution < 1.29 is 8.42 Å². The molecule has 2 aromatic heterocycles. The Morgan fingerprint density at radius 2 is 1.87 bits per heavy atom. The number of nitrogens with one attached hydrogen (secondary N) is 2. The third kappa shape index (κ3) is 3.89. The van der Waals surface area contributed by atoms with Gasteiger partial charge in [0.05, 0.1) is 10.9 Å². The van der Waals surface area contributed by atoms with E-state index in [1.807, 2.05) is 24.4 Å². The Balaban J connectivity index is 1.47. The summed E-state index contributed by atoms with van der Waals surface area (Å²) < 4.78 is 31.3. The molecule has 1 unspecified atom stereocenters. The van der Waals surface area contributed by atoms with Crippen LogP contribution in [-0.2, 0) is 17.1 Å². The molecule has 2 N–H and O–H groups in total. The summed E-state index contributed by atoms with van der Waals surface area (Å²) in [5.41, 5.74) is 3.17. The van der Waals surface area contributed by atoms with Crippen molar-refractivity contribution >= 4 is 31.8 Å². The second-order valence-corrected chi connectivity index (χ2v) is 10.2. The lowest BCUT2D eigenvalue weighted by Gasteiger charge is -2.34. The van der Waals surface area contributed by atoms with Crippen molar-refractivity contribution in [2.45, 2.75) is 30.2 Å². The molecule has 7 heteroatoms. The molecule has 0 spiro atoms. The van der Waals surface area contributed by atoms with E-state index in [9.17, 15) is 8.42 Å². The zero-order chi connectivity index (χ0) is 21.4. The van der Waals surface area contributed by atoms with Gasteiger partial charge in [0.1, 0.15) is 0 Å². The highest BCUT2D eigenvalue weighted by Gasteiger charge is 2.27. The minimum Gasteiger partial charge on any atom is -0.361 e. The van der Waals surface area contributed by atoms with E-state index in [0.29, 0.717) is 6.54 Å². The van der Waals surface area contributed by atoms with Crippen LogP contribution in [0.4, 0.5) is 0 Å². The van der Waals surface area contributed by atoms with Crippen molar-refractivity contribution in [2.24, 2.45) is 7.05 Å². The summed E-state index contributed by atoms with van der Waals surface area (Å²) in [6, 6.07) is 15.5. The molecule has 162 valence electrons. The smallest absolute Gasteiger partial charge is 0.240 e. The second kappa shape index (κ2) is 8.15. The number of piperidine rings is 1. The Hall–Kier alpha value is -2.61. The zero-order valence-corrected chi connectivity index (χ0v) is 18.5. The SMILES string of the molecule is Cn1cc(C(CNS(=O)(=O)c2ccc3cc[nH]c3c2)N2CCCCC2)c2ccccc21. The zero-order valence-electron chi connectivity index (χ0n) is 17.7. The molecule has 31 heavy (non-hydrogen) atoms. The van der Waals surface area contributed by atoms with Crippen LogP contribution in [0.15, 0.2) is 65.8 Å². The van der Waals surface area contributed by atoms with Gasteiger partial charge in [-0.05, 0) is 61.1 Å². The number of H-pyrrole nitrogens is 1. The summed E-state index contributed by atoms with van der Waals surface area (Å²) >= 11 is 0. The van der Waals surface area contributed by atoms with E-state index in [2.05, 4.69) is 50.6 Å². The molecule has 0 aliphatic carbocycles. The van der Waals surface area contributed by atoms with Gasteiger partial charge in [0.2, 0.25) is 10.0 Å². The quantitative estimate of drug-likeness (QED) is 0.477. The Kier molecular flexibility index (Phi) is 5.33. The van der Waals surface area contributed by atoms with E-state index < -0.39 is 10.0 Å². The van der Waals surface area contributed by atoms with E-state index in [4.69, 9.17) is 0 Å². The van der Waals surface area contributed by atoms with Crippen molar-refractivity contribution in [3.05, 3.63) is 66.5 Å². The molecular weight excluding hydrogens is 408 g/mol. The maximum atomic E-state index is 13.1. The van der Waals surface area contributed by atoms with Crippen molar-refractivity contribution in [3.8, 4) is 0 Å². The third-order valence-electron chi connectivity index (χ3n) is 6.42. The molecular formula is C24H28N4O2S. The Morgan fingerprint density at radius 3 is 2.71 bits per heavy atom. The highest BCUT2D eigenvalue weighted by Crippen LogP contribution is 2.31. The first kappa shape index (κ1) is 20.3. The Bertz CT molecular complexity index is 1320. The van der Waals surface area contributed by atoms with Crippen LogP contribution in [0.25, 0.3) is 21.8 Å². The van der Waals surface area contributed by atoms with E-state index in [1.54, 1.807) is 12.1 Å². The molecule has 0 bridgehead atoms. The number of para-hydroxylation sites is 1. The summed E-state index contributed by atoms with van der Waals surface area (Å²) in [5.74, 6) is 0. The number of nitrogens with zero attached hydrogens (tertiary/aromatic N) is 2. The van der Waals surface area contributed by atoms with Gasteiger partial charge in [-0.15, -0.1) is 0 Å². The molecule has 1 atom stereocenters. The van der Waals surface area contributed by atoms with Crippen LogP contribution >= 0.6 is 0 Å². The van der Waals surface area contributed by atoms with Gasteiger partial charge < -0.3 is 9.55 Å². The maximum absolute atomic E-state index is 13.1. The van der Waals surface area contributed by atoms with Crippen LogP contribution in [0.1, 0.15) is 30.9 Å². The number of aromatic amines is 1. The number of hydrogen-bond acceptors (Lipinski definition) is 3. The number of rotatable bonds is 6. The fourth-order valence-electron chi connectivity index (χ4n) is 4.77. The van der Waals surface area contributed by atoms with E-state index in [1.165, 1.54) is 22.9 Å². The molecule has 3 heterocycles. The number of aryl methyl sites for hydroxylation is 1. The van der Waals surface area contributed by atoms with Crippen LogP contribution < -0.4 is 4.72 Å². The molecule has 1 saturated heterocycles. The summed E-state index contributed by atoms with van der Waals surface area (Å²) in [6.07, 6.45) is 7.51. The van der Waals surface area contributed by atoms with Gasteiger partial charge in [-0.1, -0.05) is 30.7 Å². The Labute approximate surface area is 182 Å². The number of aromatic nitrogens is 2. The largest absolute Gasteiger partial charge is 0.361 e. The predicted octanol–water partition coefficient (Wildman–Crippen LogP) is 4.17. The van der Waals surface area contributed by atoms with Gasteiger partial charge in [0.15, 0.2) is 0 Å². The highest BCUT2D eigenvalue weighted by atomic mass is 32.2. The standard InChI is InChI=1S/C24H28N4O2S/c1-27-17-21(20-7-3-4-8-23(20)27)24(28-13-5-2-6-14-28)16-26-31(29,30)19-10-9-18-11-12-25-22(18)15-19/h3-4,7-12,15,17,24-26H,2,5-6,13-14,16H2,1H3. The topological polar surface area (TPSA) is 70.1 Å². The molecule has 1 fully saturated rings. The molecule has 1 aliphatic heterocycles. The molecule has 6 nitrogen and oxygen atoms in total. The van der Waals surface area contributed by atoms with Crippen LogP contribution in [0.3, 0.4) is 0 Å². The van der Waals surface area contributed by atoms with Crippen LogP contribution in [0.2, 0.25) is 0 Å². The van der Waals surface area contributed by atoms with E-state index in [0.717, 1.165) is 36.8 Å². The number of benzene rings is 2. The minimum atomic E-state index is -3.62. The lowest BCUT2D eigenvalue weighted by atomic mass is 10.0. The summed E-state index contributed by atoms with van der Waals surface area (Å²) in [4.78, 5) is 5.82. The fraction of sp³-hybridized carbons (Fsp3) is 0.333. The van der Waals surface area contributed by atoms with Crippen molar-refractivity contribution in [1.29, 1.82) is 0 Å². The molecule has 0 saturated carbocycles. The predicted molar refractivity (Wildman–Crippen MR) is 125 cm³/mol. The van der Waals surface area contributed by atoms with E-state index >= 15 is 0 Å². The van der Waals surface area contributed by atoms with Crippen molar-refractivity contribution in [1.82, 2.24) is 19.2 Å². The molecule has 0 amide bonds. The van der Waals surface area contributed by atoms with E-state index in [-0.39, 0.29) is 10.9 Å².